The lowest BCUT2D eigenvalue weighted by Crippen LogP contribution is -2.45. The van der Waals surface area contributed by atoms with Crippen LogP contribution in [-0.4, -0.2) is 62.3 Å². The molecule has 0 N–H and O–H groups in total. The van der Waals surface area contributed by atoms with Crippen LogP contribution in [0.15, 0.2) is 140 Å². The van der Waals surface area contributed by atoms with E-state index in [1.165, 1.54) is 25.6 Å². The molecule has 3 aliphatic rings. The summed E-state index contributed by atoms with van der Waals surface area (Å²) in [6, 6.07) is 36.9. The third kappa shape index (κ3) is 7.52. The normalized spacial score (nSPS) is 18.2. The van der Waals surface area contributed by atoms with Gasteiger partial charge in [0.15, 0.2) is 28.8 Å². The number of benzene rings is 4. The fourth-order valence-electron chi connectivity index (χ4n) is 10.2. The van der Waals surface area contributed by atoms with Gasteiger partial charge in [0, 0.05) is 24.7 Å². The van der Waals surface area contributed by atoms with Crippen molar-refractivity contribution in [2.75, 3.05) is 21.0 Å². The third-order valence-corrected chi connectivity index (χ3v) is 13.3. The molecule has 4 aromatic heterocycles. The molecule has 2 bridgehead atoms. The van der Waals surface area contributed by atoms with Crippen molar-refractivity contribution in [1.82, 2.24) is 29.3 Å². The minimum absolute atomic E-state index is 0.0232. The first-order chi connectivity index (χ1) is 32.3. The molecule has 0 spiro atoms. The molecule has 0 radical (unpaired) electrons. The molecule has 0 amide bonds. The molecule has 0 aliphatic heterocycles. The van der Waals surface area contributed by atoms with Crippen molar-refractivity contribution < 1.29 is 32.9 Å². The molecule has 14 heteroatoms. The Hall–Kier alpha value is -7.38. The van der Waals surface area contributed by atoms with Gasteiger partial charge in [0.1, 0.15) is 16.9 Å². The van der Waals surface area contributed by atoms with Gasteiger partial charge in [0.25, 0.3) is 0 Å². The average molecular weight is 903 g/mol. The molecule has 66 heavy (non-hydrogen) atoms. The topological polar surface area (TPSA) is 132 Å². The number of ether oxygens (including phenoxy) is 4. The zero-order valence-corrected chi connectivity index (χ0v) is 36.8. The summed E-state index contributed by atoms with van der Waals surface area (Å²) in [5.74, 6) is -1.06. The maximum atomic E-state index is 16.1. The highest BCUT2D eigenvalue weighted by molar-refractivity contribution is 6.31. The number of methoxy groups -OCH3 is 2. The van der Waals surface area contributed by atoms with Gasteiger partial charge in [-0.2, -0.15) is 5.10 Å². The minimum atomic E-state index is -1.03. The standard InChI is InChI=1S/C52H44ClFN6O6/c1-63-42-24-18-32(26-43(42)64-2)19-25-44(61)65-31-66-51(62)45-33-20-22-34(23-21-33)47(45)59-30-41(54)40-29-55-48(57-50(40)59)46-39-27-38(53)28-56-49(39)60(58-46)52(35-12-6-3-7-13-35,36-14-8-4-9-15-36)37-16-10-5-11-17-37/h3-19,24-30,33-34,45,47H,20-23,31H2,1-2H3/b25-19+/t33?,34?,45-,47-/m0/s1. The number of rotatable bonds is 13. The second kappa shape index (κ2) is 17.9. The summed E-state index contributed by atoms with van der Waals surface area (Å²) in [6.45, 7) is -0.579. The van der Waals surface area contributed by atoms with E-state index in [0.717, 1.165) is 42.4 Å². The summed E-state index contributed by atoms with van der Waals surface area (Å²) >= 11 is 6.70. The van der Waals surface area contributed by atoms with Crippen LogP contribution in [0.4, 0.5) is 4.39 Å². The second-order valence-electron chi connectivity index (χ2n) is 16.6. The number of carbonyl (C=O) groups excluding carboxylic acids is 2. The van der Waals surface area contributed by atoms with Crippen LogP contribution >= 0.6 is 11.6 Å². The molecule has 8 aromatic rings. The van der Waals surface area contributed by atoms with Crippen molar-refractivity contribution in [3.05, 3.63) is 173 Å². The molecular weight excluding hydrogens is 859 g/mol. The van der Waals surface area contributed by atoms with Gasteiger partial charge in [-0.05, 0) is 84.0 Å². The van der Waals surface area contributed by atoms with Crippen molar-refractivity contribution >= 4 is 51.7 Å². The molecule has 3 saturated carbocycles. The van der Waals surface area contributed by atoms with Crippen LogP contribution in [0.5, 0.6) is 11.5 Å². The Labute approximate surface area is 384 Å². The Morgan fingerprint density at radius 1 is 0.758 bits per heavy atom. The Kier molecular flexibility index (Phi) is 11.5. The first-order valence-electron chi connectivity index (χ1n) is 21.8. The maximum Gasteiger partial charge on any atom is 0.333 e. The van der Waals surface area contributed by atoms with Crippen LogP contribution in [0.3, 0.4) is 0 Å². The van der Waals surface area contributed by atoms with E-state index < -0.39 is 42.0 Å². The number of hydrogen-bond donors (Lipinski definition) is 0. The first kappa shape index (κ1) is 42.6. The van der Waals surface area contributed by atoms with E-state index in [9.17, 15) is 9.59 Å². The second-order valence-corrected chi connectivity index (χ2v) is 17.0. The summed E-state index contributed by atoms with van der Waals surface area (Å²) in [4.78, 5) is 41.5. The van der Waals surface area contributed by atoms with E-state index in [0.29, 0.717) is 44.5 Å². The third-order valence-electron chi connectivity index (χ3n) is 13.1. The molecule has 3 aliphatic carbocycles. The summed E-state index contributed by atoms with van der Waals surface area (Å²) in [6.07, 6.45) is 10.6. The van der Waals surface area contributed by atoms with Gasteiger partial charge in [0.2, 0.25) is 6.79 Å². The molecule has 4 aromatic carbocycles. The van der Waals surface area contributed by atoms with E-state index in [1.807, 2.05) is 59.3 Å². The molecule has 0 unspecified atom stereocenters. The van der Waals surface area contributed by atoms with Crippen LogP contribution in [0.25, 0.3) is 39.7 Å². The monoisotopic (exact) mass is 902 g/mol. The lowest BCUT2D eigenvalue weighted by Gasteiger charge is -2.47. The predicted octanol–water partition coefficient (Wildman–Crippen LogP) is 10.2. The molecule has 3 fully saturated rings. The molecule has 4 heterocycles. The zero-order chi connectivity index (χ0) is 45.4. The van der Waals surface area contributed by atoms with Crippen LogP contribution in [0.2, 0.25) is 5.02 Å². The van der Waals surface area contributed by atoms with Crippen molar-refractivity contribution in [3.63, 3.8) is 0 Å². The van der Waals surface area contributed by atoms with Gasteiger partial charge in [0.05, 0.1) is 42.0 Å². The van der Waals surface area contributed by atoms with Crippen LogP contribution in [-0.2, 0) is 24.6 Å². The van der Waals surface area contributed by atoms with E-state index in [1.54, 1.807) is 48.2 Å². The SMILES string of the molecule is COc1ccc(/C=C/C(=O)OCOC(=O)[C@H]2C3CCC(CC3)[C@@H]2n2cc(F)c3cnc(-c4nn(C(c5ccccc5)(c5ccccc5)c5ccccc5)c5ncc(Cl)cc45)nc32)cc1OC. The number of aromatic nitrogens is 6. The van der Waals surface area contributed by atoms with Gasteiger partial charge < -0.3 is 23.5 Å². The van der Waals surface area contributed by atoms with Crippen molar-refractivity contribution in [2.45, 2.75) is 37.3 Å². The van der Waals surface area contributed by atoms with E-state index in [4.69, 9.17) is 50.6 Å². The highest BCUT2D eigenvalue weighted by Crippen LogP contribution is 2.53. The first-order valence-corrected chi connectivity index (χ1v) is 22.1. The van der Waals surface area contributed by atoms with Crippen LogP contribution in [0, 0.1) is 23.6 Å². The Morgan fingerprint density at radius 2 is 1.39 bits per heavy atom. The summed E-state index contributed by atoms with van der Waals surface area (Å²) in [7, 11) is 3.07. The van der Waals surface area contributed by atoms with E-state index in [2.05, 4.69) is 36.4 Å². The minimum Gasteiger partial charge on any atom is -0.493 e. The number of pyridine rings is 1. The fraction of sp³-hybridized carbons (Fsp3) is 0.231. The Morgan fingerprint density at radius 3 is 2.03 bits per heavy atom. The number of halogens is 2. The quantitative estimate of drug-likeness (QED) is 0.0477. The summed E-state index contributed by atoms with van der Waals surface area (Å²) in [5, 5.41) is 6.56. The van der Waals surface area contributed by atoms with Gasteiger partial charge in [-0.25, -0.2) is 28.8 Å². The van der Waals surface area contributed by atoms with Gasteiger partial charge in [-0.15, -0.1) is 0 Å². The van der Waals surface area contributed by atoms with E-state index in [-0.39, 0.29) is 23.0 Å². The predicted molar refractivity (Wildman–Crippen MR) is 247 cm³/mol. The van der Waals surface area contributed by atoms with E-state index >= 15 is 4.39 Å². The fourth-order valence-corrected chi connectivity index (χ4v) is 10.3. The molecule has 12 nitrogen and oxygen atoms in total. The number of carbonyl (C=O) groups is 2. The van der Waals surface area contributed by atoms with Crippen LogP contribution < -0.4 is 9.47 Å². The largest absolute Gasteiger partial charge is 0.493 e. The van der Waals surface area contributed by atoms with Gasteiger partial charge >= 0.3 is 11.9 Å². The van der Waals surface area contributed by atoms with Gasteiger partial charge in [-0.1, -0.05) is 109 Å². The number of esters is 2. The zero-order valence-electron chi connectivity index (χ0n) is 36.1. The molecule has 0 saturated heterocycles. The maximum absolute atomic E-state index is 16.1. The molecule has 332 valence electrons. The van der Waals surface area contributed by atoms with Crippen molar-refractivity contribution in [3.8, 4) is 23.0 Å². The van der Waals surface area contributed by atoms with Gasteiger partial charge in [-0.3, -0.25) is 4.79 Å². The molecule has 11 rings (SSSR count). The molecule has 2 atom stereocenters. The summed E-state index contributed by atoms with van der Waals surface area (Å²) < 4.78 is 41.4. The Bertz CT molecular complexity index is 3000. The Balaban J connectivity index is 1.01. The van der Waals surface area contributed by atoms with Crippen molar-refractivity contribution in [1.29, 1.82) is 0 Å². The molecular formula is C52H44ClFN6O6. The number of nitrogens with zero attached hydrogens (tertiary/aromatic N) is 6. The summed E-state index contributed by atoms with van der Waals surface area (Å²) in [5.41, 5.74) is 3.71. The lowest BCUT2D eigenvalue weighted by molar-refractivity contribution is -0.174. The lowest BCUT2D eigenvalue weighted by atomic mass is 9.61. The van der Waals surface area contributed by atoms with Crippen molar-refractivity contribution in [2.24, 2.45) is 17.8 Å². The number of fused-ring (bicyclic) bond motifs is 5. The average Bonchev–Trinajstić information content (AvgIpc) is 3.91. The highest BCUT2D eigenvalue weighted by Gasteiger charge is 2.50. The smallest absolute Gasteiger partial charge is 0.333 e. The van der Waals surface area contributed by atoms with Crippen LogP contribution in [0.1, 0.15) is 54.0 Å². The number of hydrogen-bond acceptors (Lipinski definition) is 10. The highest BCUT2D eigenvalue weighted by atomic mass is 35.5.